The molecule has 0 spiro atoms. The Morgan fingerprint density at radius 1 is 0.947 bits per heavy atom. The Bertz CT molecular complexity index is 197. The molecule has 1 fully saturated rings. The summed E-state index contributed by atoms with van der Waals surface area (Å²) in [7, 11) is 0. The molecule has 0 amide bonds. The molecule has 0 aromatic heterocycles. The highest BCUT2D eigenvalue weighted by molar-refractivity contribution is 4.83. The first-order chi connectivity index (χ1) is 9.27. The van der Waals surface area contributed by atoms with Crippen molar-refractivity contribution in [1.82, 2.24) is 5.32 Å². The third kappa shape index (κ3) is 7.31. The van der Waals surface area contributed by atoms with Gasteiger partial charge in [-0.3, -0.25) is 0 Å². The van der Waals surface area contributed by atoms with Crippen molar-refractivity contribution >= 4 is 0 Å². The van der Waals surface area contributed by atoms with Gasteiger partial charge in [-0.1, -0.05) is 65.2 Å². The van der Waals surface area contributed by atoms with Crippen LogP contribution >= 0.6 is 0 Å². The molecule has 1 rings (SSSR count). The van der Waals surface area contributed by atoms with E-state index in [0.717, 1.165) is 6.42 Å². The van der Waals surface area contributed by atoms with Crippen molar-refractivity contribution < 1.29 is 5.11 Å². The fourth-order valence-corrected chi connectivity index (χ4v) is 3.20. The third-order valence-electron chi connectivity index (χ3n) is 4.49. The van der Waals surface area contributed by atoms with Gasteiger partial charge >= 0.3 is 0 Å². The van der Waals surface area contributed by atoms with Crippen LogP contribution in [-0.4, -0.2) is 23.3 Å². The topological polar surface area (TPSA) is 32.3 Å². The van der Waals surface area contributed by atoms with Crippen LogP contribution in [0.1, 0.15) is 90.9 Å². The minimum Gasteiger partial charge on any atom is -0.392 e. The molecule has 0 bridgehead atoms. The molecule has 1 saturated carbocycles. The largest absolute Gasteiger partial charge is 0.392 e. The summed E-state index contributed by atoms with van der Waals surface area (Å²) in [6.45, 7) is 4.54. The Hall–Kier alpha value is -0.0800. The average Bonchev–Trinajstić information content (AvgIpc) is 2.41. The molecular formula is C17H35NO. The molecule has 0 radical (unpaired) electrons. The lowest BCUT2D eigenvalue weighted by Gasteiger charge is -2.32. The summed E-state index contributed by atoms with van der Waals surface area (Å²) in [5, 5.41) is 13.9. The van der Waals surface area contributed by atoms with Crippen molar-refractivity contribution in [2.24, 2.45) is 0 Å². The van der Waals surface area contributed by atoms with Crippen molar-refractivity contribution in [2.45, 2.75) is 109 Å². The van der Waals surface area contributed by atoms with Crippen molar-refractivity contribution in [3.63, 3.8) is 0 Å². The van der Waals surface area contributed by atoms with Crippen LogP contribution in [0.3, 0.4) is 0 Å². The third-order valence-corrected chi connectivity index (χ3v) is 4.49. The normalized spacial score (nSPS) is 24.0. The van der Waals surface area contributed by atoms with Gasteiger partial charge < -0.3 is 10.4 Å². The number of aliphatic hydroxyl groups excluding tert-OH is 1. The number of unbranched alkanes of at least 4 members (excludes halogenated alkanes) is 4. The van der Waals surface area contributed by atoms with Crippen LogP contribution in [0, 0.1) is 0 Å². The number of rotatable bonds is 10. The van der Waals surface area contributed by atoms with E-state index in [4.69, 9.17) is 0 Å². The number of hydrogen-bond acceptors (Lipinski definition) is 2. The maximum absolute atomic E-state index is 10.1. The van der Waals surface area contributed by atoms with E-state index in [-0.39, 0.29) is 6.10 Å². The fraction of sp³-hybridized carbons (Fsp3) is 1.00. The maximum atomic E-state index is 10.1. The second kappa shape index (κ2) is 10.7. The Balaban J connectivity index is 2.32. The fourth-order valence-electron chi connectivity index (χ4n) is 3.20. The highest BCUT2D eigenvalue weighted by Crippen LogP contribution is 2.21. The summed E-state index contributed by atoms with van der Waals surface area (Å²) in [6, 6.07) is 0.998. The van der Waals surface area contributed by atoms with Gasteiger partial charge in [0.2, 0.25) is 0 Å². The molecule has 114 valence electrons. The minimum atomic E-state index is -0.103. The Labute approximate surface area is 120 Å². The second-order valence-electron chi connectivity index (χ2n) is 6.31. The standard InChI is InChI=1S/C17H35NO/c1-3-5-7-11-15(12-8-6-4-2)18-16-13-9-10-14-17(16)19/h15-19H,3-14H2,1-2H3. The average molecular weight is 269 g/mol. The molecule has 0 aromatic carbocycles. The molecule has 19 heavy (non-hydrogen) atoms. The van der Waals surface area contributed by atoms with Crippen LogP contribution in [0.4, 0.5) is 0 Å². The van der Waals surface area contributed by atoms with E-state index in [0.29, 0.717) is 12.1 Å². The lowest BCUT2D eigenvalue weighted by atomic mass is 9.91. The number of aliphatic hydroxyl groups is 1. The summed E-state index contributed by atoms with van der Waals surface area (Å²) < 4.78 is 0. The van der Waals surface area contributed by atoms with Gasteiger partial charge in [-0.15, -0.1) is 0 Å². The van der Waals surface area contributed by atoms with Crippen LogP contribution in [0.25, 0.3) is 0 Å². The lowest BCUT2D eigenvalue weighted by molar-refractivity contribution is 0.0829. The zero-order valence-corrected chi connectivity index (χ0v) is 13.2. The van der Waals surface area contributed by atoms with Gasteiger partial charge in [-0.25, -0.2) is 0 Å². The van der Waals surface area contributed by atoms with Gasteiger partial charge in [0, 0.05) is 12.1 Å². The van der Waals surface area contributed by atoms with Gasteiger partial charge in [0.15, 0.2) is 0 Å². The van der Waals surface area contributed by atoms with Gasteiger partial charge in [-0.05, 0) is 25.7 Å². The molecule has 0 aliphatic heterocycles. The molecular weight excluding hydrogens is 234 g/mol. The molecule has 0 aromatic rings. The van der Waals surface area contributed by atoms with E-state index in [1.807, 2.05) is 0 Å². The van der Waals surface area contributed by atoms with Crippen LogP contribution < -0.4 is 5.32 Å². The van der Waals surface area contributed by atoms with Gasteiger partial charge in [0.1, 0.15) is 0 Å². The zero-order chi connectivity index (χ0) is 13.9. The molecule has 1 aliphatic rings. The highest BCUT2D eigenvalue weighted by Gasteiger charge is 2.24. The number of hydrogen-bond donors (Lipinski definition) is 2. The van der Waals surface area contributed by atoms with E-state index >= 15 is 0 Å². The van der Waals surface area contributed by atoms with Gasteiger partial charge in [0.05, 0.1) is 6.10 Å². The Morgan fingerprint density at radius 2 is 1.53 bits per heavy atom. The van der Waals surface area contributed by atoms with Gasteiger partial charge in [0.25, 0.3) is 0 Å². The minimum absolute atomic E-state index is 0.103. The summed E-state index contributed by atoms with van der Waals surface area (Å²) in [6.07, 6.45) is 15.1. The maximum Gasteiger partial charge on any atom is 0.0693 e. The molecule has 2 atom stereocenters. The van der Waals surface area contributed by atoms with Crippen molar-refractivity contribution in [2.75, 3.05) is 0 Å². The second-order valence-corrected chi connectivity index (χ2v) is 6.31. The van der Waals surface area contributed by atoms with Gasteiger partial charge in [-0.2, -0.15) is 0 Å². The highest BCUT2D eigenvalue weighted by atomic mass is 16.3. The smallest absolute Gasteiger partial charge is 0.0693 e. The van der Waals surface area contributed by atoms with E-state index in [1.54, 1.807) is 0 Å². The monoisotopic (exact) mass is 269 g/mol. The summed E-state index contributed by atoms with van der Waals surface area (Å²) in [5.41, 5.74) is 0. The molecule has 1 aliphatic carbocycles. The van der Waals surface area contributed by atoms with E-state index < -0.39 is 0 Å². The predicted octanol–water partition coefficient (Wildman–Crippen LogP) is 4.41. The lowest BCUT2D eigenvalue weighted by Crippen LogP contribution is -2.47. The predicted molar refractivity (Wildman–Crippen MR) is 83.5 cm³/mol. The SMILES string of the molecule is CCCCCC(CCCCC)NC1CCCCC1O. The quantitative estimate of drug-likeness (QED) is 0.576. The molecule has 0 heterocycles. The van der Waals surface area contributed by atoms with E-state index in [1.165, 1.54) is 70.6 Å². The molecule has 2 nitrogen and oxygen atoms in total. The summed E-state index contributed by atoms with van der Waals surface area (Å²) in [4.78, 5) is 0. The van der Waals surface area contributed by atoms with E-state index in [2.05, 4.69) is 19.2 Å². The Kier molecular flexibility index (Phi) is 9.54. The van der Waals surface area contributed by atoms with Crippen LogP contribution in [-0.2, 0) is 0 Å². The van der Waals surface area contributed by atoms with Crippen LogP contribution in [0.2, 0.25) is 0 Å². The van der Waals surface area contributed by atoms with Crippen molar-refractivity contribution in [3.8, 4) is 0 Å². The Morgan fingerprint density at radius 3 is 2.05 bits per heavy atom. The summed E-state index contributed by atoms with van der Waals surface area (Å²) in [5.74, 6) is 0. The first-order valence-corrected chi connectivity index (χ1v) is 8.72. The number of nitrogens with one attached hydrogen (secondary N) is 1. The van der Waals surface area contributed by atoms with Crippen LogP contribution in [0.5, 0.6) is 0 Å². The van der Waals surface area contributed by atoms with Crippen LogP contribution in [0.15, 0.2) is 0 Å². The molecule has 2 unspecified atom stereocenters. The first kappa shape index (κ1) is 17.0. The summed E-state index contributed by atoms with van der Waals surface area (Å²) >= 11 is 0. The van der Waals surface area contributed by atoms with Crippen molar-refractivity contribution in [1.29, 1.82) is 0 Å². The molecule has 2 N–H and O–H groups in total. The van der Waals surface area contributed by atoms with E-state index in [9.17, 15) is 5.11 Å². The van der Waals surface area contributed by atoms with Crippen molar-refractivity contribution in [3.05, 3.63) is 0 Å². The zero-order valence-electron chi connectivity index (χ0n) is 13.2. The molecule has 2 heteroatoms. The first-order valence-electron chi connectivity index (χ1n) is 8.72. The molecule has 0 saturated heterocycles.